The summed E-state index contributed by atoms with van der Waals surface area (Å²) in [5.41, 5.74) is 5.09. The summed E-state index contributed by atoms with van der Waals surface area (Å²) in [5, 5.41) is 2.35. The van der Waals surface area contributed by atoms with Gasteiger partial charge in [0, 0.05) is 34.7 Å². The van der Waals surface area contributed by atoms with Crippen LogP contribution < -0.4 is 9.64 Å². The summed E-state index contributed by atoms with van der Waals surface area (Å²) in [5.74, 6) is 0.918. The summed E-state index contributed by atoms with van der Waals surface area (Å²) in [7, 11) is 2.15. The van der Waals surface area contributed by atoms with Crippen LogP contribution in [0.4, 0.5) is 11.4 Å². The molecule has 2 aliphatic rings. The highest BCUT2D eigenvalue weighted by atomic mass is 127. The van der Waals surface area contributed by atoms with E-state index in [4.69, 9.17) is 9.73 Å². The molecule has 3 aromatic rings. The molecule has 2 heterocycles. The number of anilines is 1. The van der Waals surface area contributed by atoms with E-state index in [-0.39, 0.29) is 5.41 Å². The Morgan fingerprint density at radius 3 is 2.55 bits per heavy atom. The van der Waals surface area contributed by atoms with Crippen LogP contribution in [0, 0.1) is 0 Å². The van der Waals surface area contributed by atoms with Crippen LogP contribution >= 0.6 is 22.6 Å². The summed E-state index contributed by atoms with van der Waals surface area (Å²) in [6.45, 7) is 12.1. The first-order chi connectivity index (χ1) is 15.9. The average Bonchev–Trinajstić information content (AvgIpc) is 2.99. The zero-order valence-electron chi connectivity index (χ0n) is 20.2. The van der Waals surface area contributed by atoms with E-state index in [1.165, 1.54) is 27.8 Å². The Labute approximate surface area is 210 Å². The highest BCUT2D eigenvalue weighted by molar-refractivity contribution is 14.1. The van der Waals surface area contributed by atoms with Crippen molar-refractivity contribution in [2.24, 2.45) is 4.99 Å². The number of likely N-dealkylation sites (N-methyl/N-ethyl adjacent to an activating group) is 1. The number of rotatable bonds is 5. The lowest BCUT2D eigenvalue weighted by Gasteiger charge is -2.45. The third-order valence-corrected chi connectivity index (χ3v) is 8.44. The molecule has 1 atom stereocenters. The first-order valence-corrected chi connectivity index (χ1v) is 13.3. The van der Waals surface area contributed by atoms with E-state index in [1.54, 1.807) is 0 Å². The predicted octanol–water partition coefficient (Wildman–Crippen LogP) is 6.84. The van der Waals surface area contributed by atoms with Crippen molar-refractivity contribution in [3.05, 3.63) is 65.2 Å². The lowest BCUT2D eigenvalue weighted by Crippen LogP contribution is -2.61. The number of hydrogen-bond donors (Lipinski definition) is 0. The molecule has 0 radical (unpaired) electrons. The van der Waals surface area contributed by atoms with Crippen LogP contribution in [0.15, 0.2) is 53.5 Å². The number of fused-ring (bicyclic) bond motifs is 4. The molecule has 0 fully saturated rings. The first kappa shape index (κ1) is 22.7. The van der Waals surface area contributed by atoms with Gasteiger partial charge in [0.15, 0.2) is 5.75 Å². The van der Waals surface area contributed by atoms with Crippen molar-refractivity contribution in [3.8, 4) is 5.75 Å². The molecule has 3 aromatic carbocycles. The molecule has 0 amide bonds. The molecule has 0 saturated heterocycles. The average molecular weight is 553 g/mol. The quantitative estimate of drug-likeness (QED) is 0.256. The van der Waals surface area contributed by atoms with Crippen LogP contribution in [-0.4, -0.2) is 37.0 Å². The van der Waals surface area contributed by atoms with Gasteiger partial charge in [-0.25, -0.2) is 0 Å². The topological polar surface area (TPSA) is 28.1 Å². The third kappa shape index (κ3) is 3.30. The van der Waals surface area contributed by atoms with Crippen LogP contribution in [0.1, 0.15) is 44.4 Å². The second kappa shape index (κ2) is 8.27. The van der Waals surface area contributed by atoms with Gasteiger partial charge in [-0.1, -0.05) is 72.8 Å². The standard InChI is InChI=1S/C28H32IN3O/c1-6-32(7-2)17-19-12-13-23-24(14-19)31(5)28(27(23,3)4)18-30-25-22-11-9-8-10-20(22)15-21(16-29)26(25)33-28/h8-15,18H,6-7,16-17H2,1-5H3. The van der Waals surface area contributed by atoms with Crippen LogP contribution in [0.5, 0.6) is 5.75 Å². The van der Waals surface area contributed by atoms with E-state index in [1.807, 2.05) is 6.21 Å². The fraction of sp³-hybridized carbons (Fsp3) is 0.393. The van der Waals surface area contributed by atoms with Crippen LogP contribution in [0.2, 0.25) is 0 Å². The van der Waals surface area contributed by atoms with E-state index < -0.39 is 5.72 Å². The van der Waals surface area contributed by atoms with Gasteiger partial charge in [0.25, 0.3) is 0 Å². The highest BCUT2D eigenvalue weighted by Crippen LogP contribution is 2.55. The van der Waals surface area contributed by atoms with E-state index >= 15 is 0 Å². The number of halogens is 1. The second-order valence-corrected chi connectivity index (χ2v) is 10.4. The Kier molecular flexibility index (Phi) is 5.68. The molecule has 2 aliphatic heterocycles. The minimum absolute atomic E-state index is 0.264. The fourth-order valence-corrected chi connectivity index (χ4v) is 6.03. The summed E-state index contributed by atoms with van der Waals surface area (Å²) in [6, 6.07) is 17.6. The number of aliphatic imine (C=N–C) groups is 1. The largest absolute Gasteiger partial charge is 0.459 e. The zero-order valence-corrected chi connectivity index (χ0v) is 22.3. The van der Waals surface area contributed by atoms with Gasteiger partial charge in [0.2, 0.25) is 5.72 Å². The monoisotopic (exact) mass is 553 g/mol. The first-order valence-electron chi connectivity index (χ1n) is 11.8. The van der Waals surface area contributed by atoms with Gasteiger partial charge < -0.3 is 9.64 Å². The predicted molar refractivity (Wildman–Crippen MR) is 148 cm³/mol. The Balaban J connectivity index is 1.61. The van der Waals surface area contributed by atoms with Gasteiger partial charge in [0.1, 0.15) is 5.69 Å². The fourth-order valence-electron chi connectivity index (χ4n) is 5.46. The molecule has 4 nitrogen and oxygen atoms in total. The van der Waals surface area contributed by atoms with Gasteiger partial charge in [0.05, 0.1) is 11.6 Å². The van der Waals surface area contributed by atoms with Crippen molar-refractivity contribution in [2.75, 3.05) is 25.0 Å². The third-order valence-electron chi connectivity index (χ3n) is 7.61. The second-order valence-electron chi connectivity index (χ2n) is 9.62. The Morgan fingerprint density at radius 2 is 1.82 bits per heavy atom. The molecule has 0 saturated carbocycles. The SMILES string of the molecule is CCN(CC)Cc1ccc2c(c1)N(C)C1(C=Nc3c(c(CI)cc4ccccc34)O1)C2(C)C. The smallest absolute Gasteiger partial charge is 0.228 e. The van der Waals surface area contributed by atoms with E-state index in [9.17, 15) is 0 Å². The molecule has 33 heavy (non-hydrogen) atoms. The Morgan fingerprint density at radius 1 is 1.06 bits per heavy atom. The number of ether oxygens (including phenoxy) is 1. The van der Waals surface area contributed by atoms with Crippen molar-refractivity contribution in [1.82, 2.24) is 4.90 Å². The van der Waals surface area contributed by atoms with Crippen LogP contribution in [0.25, 0.3) is 10.8 Å². The van der Waals surface area contributed by atoms with Gasteiger partial charge in [-0.2, -0.15) is 0 Å². The molecule has 0 aliphatic carbocycles. The van der Waals surface area contributed by atoms with Crippen LogP contribution in [-0.2, 0) is 16.4 Å². The molecule has 5 heteroatoms. The minimum Gasteiger partial charge on any atom is -0.459 e. The number of nitrogens with zero attached hydrogens (tertiary/aromatic N) is 3. The van der Waals surface area contributed by atoms with Crippen molar-refractivity contribution in [2.45, 2.75) is 49.8 Å². The summed E-state index contributed by atoms with van der Waals surface area (Å²) < 4.78 is 7.92. The van der Waals surface area contributed by atoms with Crippen molar-refractivity contribution in [1.29, 1.82) is 0 Å². The molecule has 0 bridgehead atoms. The lowest BCUT2D eigenvalue weighted by atomic mass is 9.77. The Bertz CT molecular complexity index is 1250. The molecule has 1 spiro atoms. The van der Waals surface area contributed by atoms with Crippen molar-refractivity contribution < 1.29 is 4.74 Å². The van der Waals surface area contributed by atoms with Crippen molar-refractivity contribution >= 4 is 51.0 Å². The number of hydrogen-bond acceptors (Lipinski definition) is 4. The highest BCUT2D eigenvalue weighted by Gasteiger charge is 2.58. The molecule has 172 valence electrons. The van der Waals surface area contributed by atoms with Gasteiger partial charge in [-0.3, -0.25) is 9.89 Å². The molecular weight excluding hydrogens is 521 g/mol. The molecule has 1 unspecified atom stereocenters. The summed E-state index contributed by atoms with van der Waals surface area (Å²) in [6.07, 6.45) is 2.04. The normalized spacial score (nSPS) is 20.4. The molecule has 0 N–H and O–H groups in total. The van der Waals surface area contributed by atoms with Crippen molar-refractivity contribution in [3.63, 3.8) is 0 Å². The van der Waals surface area contributed by atoms with Gasteiger partial charge in [-0.15, -0.1) is 0 Å². The molecule has 5 rings (SSSR count). The minimum atomic E-state index is -0.667. The zero-order chi connectivity index (χ0) is 23.4. The van der Waals surface area contributed by atoms with Crippen LogP contribution in [0.3, 0.4) is 0 Å². The molecular formula is C28H32IN3O. The summed E-state index contributed by atoms with van der Waals surface area (Å²) in [4.78, 5) is 9.84. The lowest BCUT2D eigenvalue weighted by molar-refractivity contribution is 0.0818. The number of alkyl halides is 1. The summed E-state index contributed by atoms with van der Waals surface area (Å²) >= 11 is 2.43. The maximum atomic E-state index is 7.05. The molecule has 0 aromatic heterocycles. The number of benzene rings is 3. The van der Waals surface area contributed by atoms with Gasteiger partial charge >= 0.3 is 0 Å². The van der Waals surface area contributed by atoms with E-state index in [0.717, 1.165) is 40.9 Å². The van der Waals surface area contributed by atoms with E-state index in [0.29, 0.717) is 0 Å². The van der Waals surface area contributed by atoms with Gasteiger partial charge in [-0.05, 0) is 55.6 Å². The Hall–Kier alpha value is -2.12. The maximum Gasteiger partial charge on any atom is 0.228 e. The maximum absolute atomic E-state index is 7.05. The van der Waals surface area contributed by atoms with E-state index in [2.05, 4.69) is 116 Å².